The fourth-order valence-electron chi connectivity index (χ4n) is 2.72. The molecule has 2 N–H and O–H groups in total. The van der Waals surface area contributed by atoms with E-state index in [9.17, 15) is 15.0 Å². The second kappa shape index (κ2) is 4.28. The van der Waals surface area contributed by atoms with E-state index < -0.39 is 6.09 Å². The molecule has 1 aromatic carbocycles. The molecule has 2 aromatic rings. The summed E-state index contributed by atoms with van der Waals surface area (Å²) in [5.74, 6) is 0.476. The Labute approximate surface area is 118 Å². The van der Waals surface area contributed by atoms with Crippen LogP contribution in [0.3, 0.4) is 0 Å². The molecule has 0 spiro atoms. The average molecular weight is 298 g/mol. The van der Waals surface area contributed by atoms with Crippen LogP contribution in [-0.4, -0.2) is 28.7 Å². The quantitative estimate of drug-likeness (QED) is 0.788. The number of rotatable bonds is 1. The zero-order valence-corrected chi connectivity index (χ0v) is 11.8. The highest BCUT2D eigenvalue weighted by atomic mass is 35.5. The van der Waals surface area contributed by atoms with Gasteiger partial charge in [-0.3, -0.25) is 4.90 Å². The van der Waals surface area contributed by atoms with Crippen LogP contribution in [-0.2, 0) is 0 Å². The molecule has 0 bridgehead atoms. The van der Waals surface area contributed by atoms with E-state index in [-0.39, 0.29) is 11.7 Å². The van der Waals surface area contributed by atoms with Crippen LogP contribution in [0.15, 0.2) is 11.4 Å². The number of nitrogens with zero attached hydrogens (tertiary/aromatic N) is 1. The molecular weight excluding hydrogens is 286 g/mol. The summed E-state index contributed by atoms with van der Waals surface area (Å²) in [5.41, 5.74) is 2.56. The lowest BCUT2D eigenvalue weighted by atomic mass is 9.97. The van der Waals surface area contributed by atoms with Crippen LogP contribution in [0.2, 0.25) is 0 Å². The van der Waals surface area contributed by atoms with Gasteiger partial charge in [-0.2, -0.15) is 0 Å². The van der Waals surface area contributed by atoms with Crippen molar-refractivity contribution in [3.63, 3.8) is 0 Å². The summed E-state index contributed by atoms with van der Waals surface area (Å²) in [6.45, 7) is 2.31. The first-order valence-corrected chi connectivity index (χ1v) is 7.26. The van der Waals surface area contributed by atoms with E-state index in [0.717, 1.165) is 21.2 Å². The summed E-state index contributed by atoms with van der Waals surface area (Å²) >= 11 is 7.46. The molecule has 2 heterocycles. The minimum absolute atomic E-state index is 0.0239. The topological polar surface area (TPSA) is 60.8 Å². The molecule has 0 fully saturated rings. The van der Waals surface area contributed by atoms with Crippen molar-refractivity contribution in [3.05, 3.63) is 22.6 Å². The van der Waals surface area contributed by atoms with E-state index in [1.165, 1.54) is 22.3 Å². The van der Waals surface area contributed by atoms with E-state index in [0.29, 0.717) is 18.1 Å². The maximum absolute atomic E-state index is 11.3. The lowest BCUT2D eigenvalue weighted by molar-refractivity contribution is 0.202. The highest BCUT2D eigenvalue weighted by Gasteiger charge is 2.35. The lowest BCUT2D eigenvalue weighted by Gasteiger charge is -2.13. The number of aryl methyl sites for hydroxylation is 1. The summed E-state index contributed by atoms with van der Waals surface area (Å²) in [6.07, 6.45) is -1.01. The number of amides is 1. The molecule has 19 heavy (non-hydrogen) atoms. The maximum Gasteiger partial charge on any atom is 0.411 e. The van der Waals surface area contributed by atoms with Crippen molar-refractivity contribution in [2.45, 2.75) is 12.8 Å². The van der Waals surface area contributed by atoms with Crippen molar-refractivity contribution in [3.8, 4) is 5.75 Å². The van der Waals surface area contributed by atoms with Gasteiger partial charge in [0.15, 0.2) is 0 Å². The number of halogens is 1. The number of aromatic hydroxyl groups is 1. The van der Waals surface area contributed by atoms with E-state index in [1.807, 2.05) is 12.3 Å². The Hall–Kier alpha value is -1.46. The maximum atomic E-state index is 11.3. The Kier molecular flexibility index (Phi) is 2.83. The predicted octanol–water partition coefficient (Wildman–Crippen LogP) is 3.74. The number of phenols is 1. The van der Waals surface area contributed by atoms with E-state index in [4.69, 9.17) is 11.6 Å². The van der Waals surface area contributed by atoms with Crippen LogP contribution in [0.1, 0.15) is 17.0 Å². The third-order valence-electron chi connectivity index (χ3n) is 3.55. The van der Waals surface area contributed by atoms with Gasteiger partial charge in [-0.05, 0) is 23.4 Å². The summed E-state index contributed by atoms with van der Waals surface area (Å²) in [5, 5.41) is 22.2. The number of hydrogen-bond donors (Lipinski definition) is 2. The smallest absolute Gasteiger partial charge is 0.411 e. The molecule has 1 atom stereocenters. The van der Waals surface area contributed by atoms with Crippen molar-refractivity contribution in [2.24, 2.45) is 0 Å². The van der Waals surface area contributed by atoms with Gasteiger partial charge >= 0.3 is 6.09 Å². The zero-order chi connectivity index (χ0) is 13.7. The minimum Gasteiger partial charge on any atom is -0.506 e. The van der Waals surface area contributed by atoms with E-state index in [1.54, 1.807) is 0 Å². The molecule has 4 nitrogen and oxygen atoms in total. The van der Waals surface area contributed by atoms with Gasteiger partial charge in [0.2, 0.25) is 0 Å². The number of hydrogen-bond acceptors (Lipinski definition) is 3. The van der Waals surface area contributed by atoms with Gasteiger partial charge in [-0.1, -0.05) is 0 Å². The molecule has 100 valence electrons. The number of anilines is 1. The molecule has 0 saturated heterocycles. The minimum atomic E-state index is -1.01. The number of carbonyl (C=O) groups is 1. The van der Waals surface area contributed by atoms with Crippen LogP contribution < -0.4 is 4.90 Å². The molecule has 0 saturated carbocycles. The number of alkyl halides is 1. The Bertz CT molecular complexity index is 682. The van der Waals surface area contributed by atoms with E-state index in [2.05, 4.69) is 0 Å². The number of thiophene rings is 1. The van der Waals surface area contributed by atoms with Crippen LogP contribution in [0.4, 0.5) is 10.5 Å². The monoisotopic (exact) mass is 297 g/mol. The summed E-state index contributed by atoms with van der Waals surface area (Å²) in [4.78, 5) is 12.6. The van der Waals surface area contributed by atoms with Crippen LogP contribution in [0.5, 0.6) is 5.75 Å². The number of fused-ring (bicyclic) bond motifs is 3. The van der Waals surface area contributed by atoms with Crippen molar-refractivity contribution >= 4 is 44.8 Å². The Balaban J connectivity index is 2.37. The van der Waals surface area contributed by atoms with Crippen molar-refractivity contribution < 1.29 is 15.0 Å². The normalized spacial score (nSPS) is 18.0. The first-order valence-electron chi connectivity index (χ1n) is 5.84. The summed E-state index contributed by atoms with van der Waals surface area (Å²) in [7, 11) is 0. The number of phenolic OH excluding ortho intramolecular Hbond substituents is 1. The second-order valence-electron chi connectivity index (χ2n) is 4.70. The van der Waals surface area contributed by atoms with Crippen LogP contribution in [0, 0.1) is 6.92 Å². The van der Waals surface area contributed by atoms with Gasteiger partial charge in [0.1, 0.15) is 5.75 Å². The zero-order valence-electron chi connectivity index (χ0n) is 10.2. The van der Waals surface area contributed by atoms with Crippen molar-refractivity contribution in [2.75, 3.05) is 17.3 Å². The molecule has 0 unspecified atom stereocenters. The molecule has 1 amide bonds. The second-order valence-corrected chi connectivity index (χ2v) is 5.88. The summed E-state index contributed by atoms with van der Waals surface area (Å²) < 4.78 is 0.804. The van der Waals surface area contributed by atoms with Gasteiger partial charge in [-0.25, -0.2) is 4.79 Å². The van der Waals surface area contributed by atoms with E-state index >= 15 is 0 Å². The van der Waals surface area contributed by atoms with Gasteiger partial charge < -0.3 is 10.2 Å². The molecule has 1 aliphatic rings. The fraction of sp³-hybridized carbons (Fsp3) is 0.308. The average Bonchev–Trinajstić information content (AvgIpc) is 2.90. The largest absolute Gasteiger partial charge is 0.506 e. The van der Waals surface area contributed by atoms with Gasteiger partial charge in [-0.15, -0.1) is 22.9 Å². The molecule has 0 radical (unpaired) electrons. The Morgan fingerprint density at radius 3 is 3.00 bits per heavy atom. The van der Waals surface area contributed by atoms with Gasteiger partial charge in [0.25, 0.3) is 0 Å². The Morgan fingerprint density at radius 2 is 2.37 bits per heavy atom. The first kappa shape index (κ1) is 12.6. The summed E-state index contributed by atoms with van der Waals surface area (Å²) in [6, 6.07) is 1.54. The third-order valence-corrected chi connectivity index (χ3v) is 5.04. The van der Waals surface area contributed by atoms with Crippen molar-refractivity contribution in [1.82, 2.24) is 0 Å². The lowest BCUT2D eigenvalue weighted by Crippen LogP contribution is -2.28. The van der Waals surface area contributed by atoms with Gasteiger partial charge in [0, 0.05) is 29.8 Å². The number of carboxylic acid groups (broad SMARTS) is 1. The highest BCUT2D eigenvalue weighted by molar-refractivity contribution is 7.17. The molecule has 3 rings (SSSR count). The fourth-order valence-corrected chi connectivity index (χ4v) is 3.95. The first-order chi connectivity index (χ1) is 9.04. The molecule has 1 aliphatic heterocycles. The molecule has 6 heteroatoms. The van der Waals surface area contributed by atoms with Gasteiger partial charge in [0.05, 0.1) is 10.4 Å². The molecule has 0 aliphatic carbocycles. The third kappa shape index (κ3) is 1.69. The van der Waals surface area contributed by atoms with Crippen molar-refractivity contribution in [1.29, 1.82) is 0 Å². The predicted molar refractivity (Wildman–Crippen MR) is 77.1 cm³/mol. The highest BCUT2D eigenvalue weighted by Crippen LogP contribution is 2.48. The Morgan fingerprint density at radius 1 is 1.63 bits per heavy atom. The number of benzene rings is 1. The SMILES string of the molecule is Cc1csc2c(O)cc3c(c12)[C@H](CCl)CN3C(=O)O. The molecular formula is C13H12ClNO3S. The standard InChI is InChI=1S/C13H12ClNO3S/c1-6-5-19-12-9(16)2-8-11(10(6)12)7(3-14)4-15(8)13(17)18/h2,5,7,16H,3-4H2,1H3,(H,17,18)/t7-/m1/s1. The van der Waals surface area contributed by atoms with Crippen LogP contribution in [0.25, 0.3) is 10.1 Å². The van der Waals surface area contributed by atoms with Crippen LogP contribution >= 0.6 is 22.9 Å². The molecule has 1 aromatic heterocycles.